The molecule has 4 aromatic rings. The van der Waals surface area contributed by atoms with Crippen molar-refractivity contribution in [2.24, 2.45) is 0 Å². The summed E-state index contributed by atoms with van der Waals surface area (Å²) in [6.07, 6.45) is 0.841. The monoisotopic (exact) mass is 610 g/mol. The van der Waals surface area contributed by atoms with Crippen molar-refractivity contribution >= 4 is 11.9 Å². The molecule has 0 aliphatic rings. The van der Waals surface area contributed by atoms with Crippen LogP contribution in [-0.4, -0.2) is 26.2 Å². The molecular formula is C39H46O6. The van der Waals surface area contributed by atoms with Crippen molar-refractivity contribution in [3.05, 3.63) is 104 Å². The largest absolute Gasteiger partial charge is 0.496 e. The number of esters is 2. The van der Waals surface area contributed by atoms with Crippen molar-refractivity contribution in [1.29, 1.82) is 0 Å². The van der Waals surface area contributed by atoms with Gasteiger partial charge in [-0.1, -0.05) is 24.3 Å². The second-order valence-corrected chi connectivity index (χ2v) is 11.8. The lowest BCUT2D eigenvalue weighted by Crippen LogP contribution is -2.05. The van der Waals surface area contributed by atoms with Crippen molar-refractivity contribution in [1.82, 2.24) is 0 Å². The molecule has 6 heteroatoms. The van der Waals surface area contributed by atoms with E-state index < -0.39 is 0 Å². The number of hydrogen-bond acceptors (Lipinski definition) is 6. The van der Waals surface area contributed by atoms with E-state index in [1.54, 1.807) is 14.2 Å². The van der Waals surface area contributed by atoms with Crippen molar-refractivity contribution in [3.8, 4) is 34.1 Å². The lowest BCUT2D eigenvalue weighted by molar-refractivity contribution is -0.132. The Bertz CT molecular complexity index is 1640. The molecule has 0 amide bonds. The van der Waals surface area contributed by atoms with Crippen LogP contribution in [0.1, 0.15) is 69.5 Å². The Morgan fingerprint density at radius 2 is 0.689 bits per heavy atom. The number of rotatable bonds is 7. The molecule has 4 rings (SSSR count). The van der Waals surface area contributed by atoms with E-state index >= 15 is 0 Å². The highest BCUT2D eigenvalue weighted by atomic mass is 16.5. The highest BCUT2D eigenvalue weighted by Gasteiger charge is 2.13. The zero-order valence-electron chi connectivity index (χ0n) is 28.8. The Labute approximate surface area is 268 Å². The number of benzene rings is 4. The topological polar surface area (TPSA) is 71.1 Å². The smallest absolute Gasteiger partial charge is 0.308 e. The average Bonchev–Trinajstić information content (AvgIpc) is 2.92. The van der Waals surface area contributed by atoms with Gasteiger partial charge in [0.25, 0.3) is 0 Å². The van der Waals surface area contributed by atoms with Crippen molar-refractivity contribution in [2.75, 3.05) is 14.2 Å². The number of carbonyl (C=O) groups is 2. The summed E-state index contributed by atoms with van der Waals surface area (Å²) < 4.78 is 21.4. The average molecular weight is 611 g/mol. The molecule has 0 atom stereocenters. The fraction of sp³-hybridized carbons (Fsp3) is 0.333. The molecule has 238 valence electrons. The van der Waals surface area contributed by atoms with Gasteiger partial charge in [-0.3, -0.25) is 9.59 Å². The molecule has 0 unspecified atom stereocenters. The quantitative estimate of drug-likeness (QED) is 0.154. The summed E-state index contributed by atoms with van der Waals surface area (Å²) in [5, 5.41) is 0. The van der Waals surface area contributed by atoms with E-state index in [0.29, 0.717) is 11.5 Å². The molecule has 0 spiro atoms. The molecule has 0 saturated heterocycles. The van der Waals surface area contributed by atoms with Crippen LogP contribution >= 0.6 is 0 Å². The second-order valence-electron chi connectivity index (χ2n) is 11.8. The van der Waals surface area contributed by atoms with E-state index in [0.717, 1.165) is 73.6 Å². The fourth-order valence-corrected chi connectivity index (χ4v) is 6.01. The predicted octanol–water partition coefficient (Wildman–Crippen LogP) is 8.97. The molecule has 0 N–H and O–H groups in total. The minimum Gasteiger partial charge on any atom is -0.496 e. The van der Waals surface area contributed by atoms with Gasteiger partial charge in [0.2, 0.25) is 0 Å². The van der Waals surface area contributed by atoms with Crippen LogP contribution in [0.5, 0.6) is 23.0 Å². The maximum Gasteiger partial charge on any atom is 0.308 e. The zero-order valence-corrected chi connectivity index (χ0v) is 28.8. The Kier molecular flexibility index (Phi) is 11.6. The molecule has 6 nitrogen and oxygen atoms in total. The van der Waals surface area contributed by atoms with Gasteiger partial charge in [-0.2, -0.15) is 0 Å². The molecular weight excluding hydrogens is 564 g/mol. The van der Waals surface area contributed by atoms with Gasteiger partial charge in [-0.15, -0.1) is 0 Å². The zero-order chi connectivity index (χ0) is 33.6. The Balaban J connectivity index is 0.000000246. The summed E-state index contributed by atoms with van der Waals surface area (Å²) in [6.45, 7) is 18.9. The molecule has 0 aliphatic carbocycles. The van der Waals surface area contributed by atoms with Crippen LogP contribution in [0.2, 0.25) is 0 Å². The molecule has 45 heavy (non-hydrogen) atoms. The standard InChI is InChI=1S/C20H24O3.C19H22O3/c1-12-7-17(8-13(2)19(12)22-6)11-18-9-14(3)20(15(4)10-18)23-16(5)21;1-11-7-16(8-12(2)18(11)21-6)17-9-13(3)19(14(4)10-17)22-15(5)20/h7-10H,11H2,1-6H3;7-10H,1-6H3. The minimum absolute atomic E-state index is 0.287. The first-order valence-corrected chi connectivity index (χ1v) is 15.0. The second kappa shape index (κ2) is 14.9. The maximum absolute atomic E-state index is 11.2. The van der Waals surface area contributed by atoms with Crippen LogP contribution < -0.4 is 18.9 Å². The highest BCUT2D eigenvalue weighted by molar-refractivity contribution is 5.74. The van der Waals surface area contributed by atoms with Gasteiger partial charge >= 0.3 is 11.9 Å². The van der Waals surface area contributed by atoms with Gasteiger partial charge in [-0.25, -0.2) is 0 Å². The van der Waals surface area contributed by atoms with Gasteiger partial charge < -0.3 is 18.9 Å². The van der Waals surface area contributed by atoms with Crippen LogP contribution in [0.25, 0.3) is 11.1 Å². The Morgan fingerprint density at radius 3 is 0.956 bits per heavy atom. The minimum atomic E-state index is -0.296. The van der Waals surface area contributed by atoms with Gasteiger partial charge in [0.1, 0.15) is 23.0 Å². The highest BCUT2D eigenvalue weighted by Crippen LogP contribution is 2.34. The number of carbonyl (C=O) groups excluding carboxylic acids is 2. The summed E-state index contributed by atoms with van der Waals surface area (Å²) in [7, 11) is 3.40. The third kappa shape index (κ3) is 8.75. The summed E-state index contributed by atoms with van der Waals surface area (Å²) >= 11 is 0. The molecule has 0 aromatic heterocycles. The number of methoxy groups -OCH3 is 2. The number of ether oxygens (including phenoxy) is 4. The van der Waals surface area contributed by atoms with Crippen LogP contribution in [0.3, 0.4) is 0 Å². The molecule has 0 aliphatic heterocycles. The van der Waals surface area contributed by atoms with E-state index in [1.165, 1.54) is 25.0 Å². The van der Waals surface area contributed by atoms with Crippen molar-refractivity contribution < 1.29 is 28.5 Å². The lowest BCUT2D eigenvalue weighted by Gasteiger charge is -2.14. The predicted molar refractivity (Wildman–Crippen MR) is 181 cm³/mol. The summed E-state index contributed by atoms with van der Waals surface area (Å²) in [6, 6.07) is 16.8. The van der Waals surface area contributed by atoms with E-state index in [4.69, 9.17) is 18.9 Å². The molecule has 0 bridgehead atoms. The van der Waals surface area contributed by atoms with E-state index in [9.17, 15) is 9.59 Å². The molecule has 0 heterocycles. The van der Waals surface area contributed by atoms with Crippen LogP contribution in [0, 0.1) is 55.4 Å². The van der Waals surface area contributed by atoms with Crippen LogP contribution in [0.4, 0.5) is 0 Å². The number of hydrogen-bond donors (Lipinski definition) is 0. The van der Waals surface area contributed by atoms with Gasteiger partial charge in [0.05, 0.1) is 14.2 Å². The van der Waals surface area contributed by atoms with Crippen molar-refractivity contribution in [2.45, 2.75) is 75.7 Å². The van der Waals surface area contributed by atoms with E-state index in [-0.39, 0.29) is 11.9 Å². The van der Waals surface area contributed by atoms with Gasteiger partial charge in [0.15, 0.2) is 0 Å². The van der Waals surface area contributed by atoms with Gasteiger partial charge in [-0.05, 0) is 153 Å². The maximum atomic E-state index is 11.2. The first kappa shape index (κ1) is 34.9. The first-order valence-electron chi connectivity index (χ1n) is 15.0. The number of aryl methyl sites for hydroxylation is 8. The molecule has 0 fully saturated rings. The summed E-state index contributed by atoms with van der Waals surface area (Å²) in [4.78, 5) is 22.4. The Morgan fingerprint density at radius 1 is 0.444 bits per heavy atom. The molecule has 4 aromatic carbocycles. The van der Waals surface area contributed by atoms with Crippen molar-refractivity contribution in [3.63, 3.8) is 0 Å². The van der Waals surface area contributed by atoms with Gasteiger partial charge in [0, 0.05) is 13.8 Å². The van der Waals surface area contributed by atoms with Crippen LogP contribution in [0.15, 0.2) is 48.5 Å². The van der Waals surface area contributed by atoms with E-state index in [1.807, 2.05) is 53.7 Å². The first-order chi connectivity index (χ1) is 21.1. The third-order valence-electron chi connectivity index (χ3n) is 7.60. The summed E-state index contributed by atoms with van der Waals surface area (Å²) in [5.41, 5.74) is 13.1. The lowest BCUT2D eigenvalue weighted by atomic mass is 9.96. The summed E-state index contributed by atoms with van der Waals surface area (Å²) in [5.74, 6) is 2.61. The van der Waals surface area contributed by atoms with E-state index in [2.05, 4.69) is 50.2 Å². The molecule has 0 saturated carbocycles. The molecule has 0 radical (unpaired) electrons. The fourth-order valence-electron chi connectivity index (χ4n) is 6.01. The Hall–Kier alpha value is -4.58. The SMILES string of the molecule is COc1c(C)cc(-c2cc(C)c(OC(C)=O)c(C)c2)cc1C.COc1c(C)cc(Cc2cc(C)c(OC(C)=O)c(C)c2)cc1C. The third-order valence-corrected chi connectivity index (χ3v) is 7.60. The van der Waals surface area contributed by atoms with Crippen LogP contribution in [-0.2, 0) is 16.0 Å². The normalized spacial score (nSPS) is 10.5.